The second kappa shape index (κ2) is 2.95. The average Bonchev–Trinajstić information content (AvgIpc) is 2.99. The minimum absolute atomic E-state index is 0.0440. The standard InChI is InChI=1S/C9H15NO3S/c1-2-9(5-6-9)14(12,13)10-8(11)7-3-4-7/h7H,2-6H2,1H3,(H,10,11). The molecule has 5 heteroatoms. The summed E-state index contributed by atoms with van der Waals surface area (Å²) in [6, 6.07) is 0. The number of sulfonamides is 1. The Hall–Kier alpha value is -0.580. The van der Waals surface area contributed by atoms with Crippen LogP contribution in [0.3, 0.4) is 0 Å². The number of carbonyl (C=O) groups is 1. The van der Waals surface area contributed by atoms with Crippen LogP contribution in [0.15, 0.2) is 0 Å². The summed E-state index contributed by atoms with van der Waals surface area (Å²) in [7, 11) is -3.40. The summed E-state index contributed by atoms with van der Waals surface area (Å²) in [5.74, 6) is -0.345. The van der Waals surface area contributed by atoms with Gasteiger partial charge in [-0.25, -0.2) is 8.42 Å². The molecule has 2 aliphatic rings. The van der Waals surface area contributed by atoms with E-state index in [0.29, 0.717) is 19.3 Å². The van der Waals surface area contributed by atoms with E-state index in [2.05, 4.69) is 4.72 Å². The summed E-state index contributed by atoms with van der Waals surface area (Å²) < 4.78 is 25.1. The number of hydrogen-bond donors (Lipinski definition) is 1. The van der Waals surface area contributed by atoms with E-state index in [4.69, 9.17) is 0 Å². The molecule has 2 fully saturated rings. The number of hydrogen-bond acceptors (Lipinski definition) is 3. The number of rotatable bonds is 4. The van der Waals surface area contributed by atoms with Crippen LogP contribution in [-0.4, -0.2) is 19.1 Å². The minimum Gasteiger partial charge on any atom is -0.274 e. The van der Waals surface area contributed by atoms with Gasteiger partial charge in [0.25, 0.3) is 0 Å². The molecule has 0 atom stereocenters. The summed E-state index contributed by atoms with van der Waals surface area (Å²) in [6.45, 7) is 1.85. The molecule has 1 N–H and O–H groups in total. The largest absolute Gasteiger partial charge is 0.274 e. The van der Waals surface area contributed by atoms with Crippen LogP contribution in [0.5, 0.6) is 0 Å². The fraction of sp³-hybridized carbons (Fsp3) is 0.889. The molecular formula is C9H15NO3S. The maximum absolute atomic E-state index is 11.8. The van der Waals surface area contributed by atoms with Crippen LogP contribution in [0.25, 0.3) is 0 Å². The van der Waals surface area contributed by atoms with Gasteiger partial charge in [-0.15, -0.1) is 0 Å². The van der Waals surface area contributed by atoms with Crippen LogP contribution in [0.2, 0.25) is 0 Å². The Bertz CT molecular complexity index is 352. The predicted octanol–water partition coefficient (Wildman–Crippen LogP) is 0.785. The van der Waals surface area contributed by atoms with Crippen LogP contribution in [0.4, 0.5) is 0 Å². The van der Waals surface area contributed by atoms with E-state index in [-0.39, 0.29) is 11.8 Å². The number of carbonyl (C=O) groups excluding carboxylic acids is 1. The summed E-state index contributed by atoms with van der Waals surface area (Å²) in [4.78, 5) is 11.3. The molecule has 2 saturated carbocycles. The summed E-state index contributed by atoms with van der Waals surface area (Å²) in [5, 5.41) is 0. The van der Waals surface area contributed by atoms with Crippen LogP contribution in [0, 0.1) is 5.92 Å². The van der Waals surface area contributed by atoms with Crippen molar-refractivity contribution in [2.75, 3.05) is 0 Å². The van der Waals surface area contributed by atoms with E-state index in [1.807, 2.05) is 6.92 Å². The van der Waals surface area contributed by atoms with E-state index >= 15 is 0 Å². The molecule has 0 heterocycles. The Morgan fingerprint density at radius 2 is 2.00 bits per heavy atom. The van der Waals surface area contributed by atoms with Crippen molar-refractivity contribution in [3.63, 3.8) is 0 Å². The topological polar surface area (TPSA) is 63.2 Å². The molecule has 80 valence electrons. The Balaban J connectivity index is 2.05. The summed E-state index contributed by atoms with van der Waals surface area (Å²) in [6.07, 6.45) is 3.65. The first-order valence-electron chi connectivity index (χ1n) is 5.07. The normalized spacial score (nSPS) is 24.4. The zero-order chi connectivity index (χ0) is 10.4. The Morgan fingerprint density at radius 1 is 1.43 bits per heavy atom. The van der Waals surface area contributed by atoms with Gasteiger partial charge in [0.15, 0.2) is 0 Å². The summed E-state index contributed by atoms with van der Waals surface area (Å²) >= 11 is 0. The molecule has 0 spiro atoms. The van der Waals surface area contributed by atoms with Crippen molar-refractivity contribution >= 4 is 15.9 Å². The van der Waals surface area contributed by atoms with E-state index in [1.165, 1.54) is 0 Å². The lowest BCUT2D eigenvalue weighted by atomic mass is 10.3. The zero-order valence-corrected chi connectivity index (χ0v) is 9.06. The number of amides is 1. The van der Waals surface area contributed by atoms with Gasteiger partial charge < -0.3 is 0 Å². The van der Waals surface area contributed by atoms with Crippen molar-refractivity contribution in [1.29, 1.82) is 0 Å². The molecule has 0 bridgehead atoms. The highest BCUT2D eigenvalue weighted by molar-refractivity contribution is 7.91. The molecule has 0 aliphatic heterocycles. The van der Waals surface area contributed by atoms with E-state index < -0.39 is 14.8 Å². The van der Waals surface area contributed by atoms with Crippen LogP contribution in [0.1, 0.15) is 39.0 Å². The highest BCUT2D eigenvalue weighted by atomic mass is 32.2. The van der Waals surface area contributed by atoms with Gasteiger partial charge in [0.05, 0.1) is 4.75 Å². The van der Waals surface area contributed by atoms with Crippen molar-refractivity contribution in [3.05, 3.63) is 0 Å². The quantitative estimate of drug-likeness (QED) is 0.757. The molecular weight excluding hydrogens is 202 g/mol. The monoisotopic (exact) mass is 217 g/mol. The first kappa shape index (κ1) is 9.96. The second-order valence-electron chi connectivity index (χ2n) is 4.28. The Labute approximate surface area is 84.1 Å². The zero-order valence-electron chi connectivity index (χ0n) is 8.25. The average molecular weight is 217 g/mol. The molecule has 0 radical (unpaired) electrons. The SMILES string of the molecule is CCC1(S(=O)(=O)NC(=O)C2CC2)CC1. The lowest BCUT2D eigenvalue weighted by molar-refractivity contribution is -0.120. The molecule has 14 heavy (non-hydrogen) atoms. The molecule has 0 unspecified atom stereocenters. The van der Waals surface area contributed by atoms with Gasteiger partial charge in [-0.1, -0.05) is 6.92 Å². The Kier molecular flexibility index (Phi) is 2.10. The smallest absolute Gasteiger partial charge is 0.240 e. The fourth-order valence-corrected chi connectivity index (χ4v) is 3.29. The molecule has 0 saturated heterocycles. The molecule has 4 nitrogen and oxygen atoms in total. The van der Waals surface area contributed by atoms with Crippen molar-refractivity contribution < 1.29 is 13.2 Å². The maximum atomic E-state index is 11.8. The van der Waals surface area contributed by atoms with Gasteiger partial charge in [-0.2, -0.15) is 0 Å². The molecule has 1 amide bonds. The van der Waals surface area contributed by atoms with Crippen molar-refractivity contribution in [3.8, 4) is 0 Å². The van der Waals surface area contributed by atoms with Crippen LogP contribution in [-0.2, 0) is 14.8 Å². The molecule has 0 aromatic rings. The molecule has 0 aromatic carbocycles. The third kappa shape index (κ3) is 1.54. The Morgan fingerprint density at radius 3 is 2.36 bits per heavy atom. The van der Waals surface area contributed by atoms with Crippen molar-refractivity contribution in [1.82, 2.24) is 4.72 Å². The van der Waals surface area contributed by atoms with Gasteiger partial charge in [-0.05, 0) is 32.1 Å². The van der Waals surface area contributed by atoms with E-state index in [0.717, 1.165) is 12.8 Å². The molecule has 2 rings (SSSR count). The van der Waals surface area contributed by atoms with Crippen molar-refractivity contribution in [2.45, 2.75) is 43.8 Å². The maximum Gasteiger partial charge on any atom is 0.240 e. The first-order chi connectivity index (χ1) is 6.51. The van der Waals surface area contributed by atoms with Gasteiger partial charge in [0, 0.05) is 5.92 Å². The lowest BCUT2D eigenvalue weighted by Gasteiger charge is -2.14. The number of nitrogens with one attached hydrogen (secondary N) is 1. The van der Waals surface area contributed by atoms with Crippen LogP contribution >= 0.6 is 0 Å². The van der Waals surface area contributed by atoms with Gasteiger partial charge in [-0.3, -0.25) is 9.52 Å². The van der Waals surface area contributed by atoms with Crippen LogP contribution < -0.4 is 4.72 Å². The fourth-order valence-electron chi connectivity index (χ4n) is 1.62. The highest BCUT2D eigenvalue weighted by Gasteiger charge is 2.54. The lowest BCUT2D eigenvalue weighted by Crippen LogP contribution is -2.40. The van der Waals surface area contributed by atoms with Gasteiger partial charge in [0.1, 0.15) is 0 Å². The second-order valence-corrected chi connectivity index (χ2v) is 6.36. The minimum atomic E-state index is -3.40. The van der Waals surface area contributed by atoms with Gasteiger partial charge in [0.2, 0.25) is 15.9 Å². The third-order valence-electron chi connectivity index (χ3n) is 3.21. The van der Waals surface area contributed by atoms with Crippen molar-refractivity contribution in [2.24, 2.45) is 5.92 Å². The highest BCUT2D eigenvalue weighted by Crippen LogP contribution is 2.46. The first-order valence-corrected chi connectivity index (χ1v) is 6.55. The molecule has 2 aliphatic carbocycles. The van der Waals surface area contributed by atoms with Gasteiger partial charge >= 0.3 is 0 Å². The third-order valence-corrected chi connectivity index (χ3v) is 5.51. The summed E-state index contributed by atoms with van der Waals surface area (Å²) in [5.41, 5.74) is 0. The molecule has 0 aromatic heterocycles. The van der Waals surface area contributed by atoms with E-state index in [9.17, 15) is 13.2 Å². The predicted molar refractivity (Wildman–Crippen MR) is 52.0 cm³/mol. The van der Waals surface area contributed by atoms with E-state index in [1.54, 1.807) is 0 Å².